The van der Waals surface area contributed by atoms with Crippen LogP contribution in [0, 0.1) is 5.82 Å². The predicted molar refractivity (Wildman–Crippen MR) is 84.2 cm³/mol. The first kappa shape index (κ1) is 16.4. The Morgan fingerprint density at radius 1 is 1.24 bits per heavy atom. The van der Waals surface area contributed by atoms with Crippen LogP contribution in [-0.4, -0.2) is 19.8 Å². The van der Waals surface area contributed by atoms with Crippen molar-refractivity contribution < 1.29 is 12.8 Å². The fourth-order valence-corrected chi connectivity index (χ4v) is 3.52. The number of rotatable bonds is 4. The van der Waals surface area contributed by atoms with Crippen LogP contribution >= 0.6 is 27.5 Å². The van der Waals surface area contributed by atoms with E-state index in [0.29, 0.717) is 15.1 Å². The van der Waals surface area contributed by atoms with Gasteiger partial charge in [0.15, 0.2) is 0 Å². The lowest BCUT2D eigenvalue weighted by molar-refractivity contribution is 0.460. The number of benzene rings is 2. The van der Waals surface area contributed by atoms with Crippen molar-refractivity contribution in [1.82, 2.24) is 4.31 Å². The number of halogens is 3. The van der Waals surface area contributed by atoms with Crippen LogP contribution in [0.25, 0.3) is 0 Å². The molecule has 0 aliphatic carbocycles. The SMILES string of the molecule is CN(Cc1ccccc1Cl)S(=O)(=O)c1ccc(Br)cc1F. The average molecular weight is 393 g/mol. The van der Waals surface area contributed by atoms with Crippen LogP contribution < -0.4 is 0 Å². The summed E-state index contributed by atoms with van der Waals surface area (Å²) in [7, 11) is -2.53. The monoisotopic (exact) mass is 391 g/mol. The lowest BCUT2D eigenvalue weighted by Gasteiger charge is -2.18. The van der Waals surface area contributed by atoms with Gasteiger partial charge in [0, 0.05) is 23.1 Å². The molecule has 0 N–H and O–H groups in total. The Labute approximate surface area is 136 Å². The van der Waals surface area contributed by atoms with Gasteiger partial charge in [-0.15, -0.1) is 0 Å². The molecule has 2 aromatic carbocycles. The Balaban J connectivity index is 2.33. The highest BCUT2D eigenvalue weighted by atomic mass is 79.9. The maximum Gasteiger partial charge on any atom is 0.246 e. The minimum Gasteiger partial charge on any atom is -0.207 e. The summed E-state index contributed by atoms with van der Waals surface area (Å²) in [6.45, 7) is 0.0670. The highest BCUT2D eigenvalue weighted by molar-refractivity contribution is 9.10. The summed E-state index contributed by atoms with van der Waals surface area (Å²) in [5.74, 6) is -0.796. The fraction of sp³-hybridized carbons (Fsp3) is 0.143. The van der Waals surface area contributed by atoms with Crippen molar-refractivity contribution in [2.75, 3.05) is 7.05 Å². The van der Waals surface area contributed by atoms with Crippen LogP contribution in [0.15, 0.2) is 51.8 Å². The molecule has 3 nitrogen and oxygen atoms in total. The number of nitrogens with zero attached hydrogens (tertiary/aromatic N) is 1. The molecule has 2 aromatic rings. The molecule has 2 rings (SSSR count). The van der Waals surface area contributed by atoms with Gasteiger partial charge in [-0.25, -0.2) is 12.8 Å². The number of hydrogen-bond acceptors (Lipinski definition) is 2. The van der Waals surface area contributed by atoms with Gasteiger partial charge in [0.05, 0.1) is 0 Å². The molecular formula is C14H12BrClFNO2S. The average Bonchev–Trinajstić information content (AvgIpc) is 2.40. The van der Waals surface area contributed by atoms with Crippen LogP contribution in [0.3, 0.4) is 0 Å². The third-order valence-electron chi connectivity index (χ3n) is 2.93. The van der Waals surface area contributed by atoms with E-state index in [2.05, 4.69) is 15.9 Å². The van der Waals surface area contributed by atoms with E-state index >= 15 is 0 Å². The van der Waals surface area contributed by atoms with Crippen LogP contribution in [0.4, 0.5) is 4.39 Å². The third-order valence-corrected chi connectivity index (χ3v) is 5.63. The molecule has 0 spiro atoms. The van der Waals surface area contributed by atoms with E-state index in [-0.39, 0.29) is 11.4 Å². The maximum atomic E-state index is 13.9. The zero-order chi connectivity index (χ0) is 15.6. The Morgan fingerprint density at radius 3 is 2.52 bits per heavy atom. The van der Waals surface area contributed by atoms with E-state index in [1.807, 2.05) is 0 Å². The van der Waals surface area contributed by atoms with Crippen LogP contribution in [0.1, 0.15) is 5.56 Å². The van der Waals surface area contributed by atoms with E-state index in [1.165, 1.54) is 19.2 Å². The summed E-state index contributed by atoms with van der Waals surface area (Å²) in [6, 6.07) is 10.8. The highest BCUT2D eigenvalue weighted by Crippen LogP contribution is 2.24. The molecule has 0 heterocycles. The quantitative estimate of drug-likeness (QED) is 0.787. The molecule has 0 radical (unpaired) electrons. The number of hydrogen-bond donors (Lipinski definition) is 0. The topological polar surface area (TPSA) is 37.4 Å². The standard InChI is InChI=1S/C14H12BrClFNO2S/c1-18(9-10-4-2-3-5-12(10)16)21(19,20)14-7-6-11(15)8-13(14)17/h2-8H,9H2,1H3. The van der Waals surface area contributed by atoms with Crippen molar-refractivity contribution in [3.05, 3.63) is 63.3 Å². The van der Waals surface area contributed by atoms with Crippen molar-refractivity contribution in [1.29, 1.82) is 0 Å². The lowest BCUT2D eigenvalue weighted by Crippen LogP contribution is -2.27. The summed E-state index contributed by atoms with van der Waals surface area (Å²) in [4.78, 5) is -0.361. The summed E-state index contributed by atoms with van der Waals surface area (Å²) in [5.41, 5.74) is 0.655. The zero-order valence-corrected chi connectivity index (χ0v) is 14.2. The van der Waals surface area contributed by atoms with Crippen LogP contribution in [0.5, 0.6) is 0 Å². The second kappa shape index (κ2) is 6.44. The molecule has 0 amide bonds. The van der Waals surface area contributed by atoms with E-state index in [4.69, 9.17) is 11.6 Å². The fourth-order valence-electron chi connectivity index (χ4n) is 1.80. The van der Waals surface area contributed by atoms with Gasteiger partial charge < -0.3 is 0 Å². The highest BCUT2D eigenvalue weighted by Gasteiger charge is 2.25. The number of sulfonamides is 1. The van der Waals surface area contributed by atoms with E-state index in [9.17, 15) is 12.8 Å². The summed E-state index contributed by atoms with van der Waals surface area (Å²) in [6.07, 6.45) is 0. The van der Waals surface area contributed by atoms with Crippen LogP contribution in [0.2, 0.25) is 5.02 Å². The summed E-state index contributed by atoms with van der Waals surface area (Å²) < 4.78 is 40.2. The third kappa shape index (κ3) is 3.63. The molecule has 0 aliphatic rings. The second-order valence-electron chi connectivity index (χ2n) is 4.43. The van der Waals surface area contributed by atoms with Gasteiger partial charge in [-0.05, 0) is 29.8 Å². The Hall–Kier alpha value is -0.950. The first-order valence-corrected chi connectivity index (χ1v) is 8.58. The van der Waals surface area contributed by atoms with Crippen molar-refractivity contribution in [2.24, 2.45) is 0 Å². The van der Waals surface area contributed by atoms with Crippen molar-refractivity contribution >= 4 is 37.6 Å². The van der Waals surface area contributed by atoms with Gasteiger partial charge >= 0.3 is 0 Å². The molecule has 0 aromatic heterocycles. The largest absolute Gasteiger partial charge is 0.246 e. The molecule has 112 valence electrons. The first-order valence-electron chi connectivity index (χ1n) is 5.97. The molecule has 7 heteroatoms. The van der Waals surface area contributed by atoms with E-state index in [0.717, 1.165) is 10.4 Å². The molecule has 0 bridgehead atoms. The minimum absolute atomic E-state index is 0.0670. The zero-order valence-electron chi connectivity index (χ0n) is 11.1. The molecule has 0 atom stereocenters. The summed E-state index contributed by atoms with van der Waals surface area (Å²) >= 11 is 9.11. The molecule has 0 saturated carbocycles. The molecule has 0 aliphatic heterocycles. The second-order valence-corrected chi connectivity index (χ2v) is 7.76. The lowest BCUT2D eigenvalue weighted by atomic mass is 10.2. The maximum absolute atomic E-state index is 13.9. The molecule has 0 saturated heterocycles. The van der Waals surface area contributed by atoms with Crippen molar-refractivity contribution in [2.45, 2.75) is 11.4 Å². The van der Waals surface area contributed by atoms with Gasteiger partial charge in [-0.1, -0.05) is 45.7 Å². The molecular weight excluding hydrogens is 381 g/mol. The van der Waals surface area contributed by atoms with Crippen molar-refractivity contribution in [3.63, 3.8) is 0 Å². The predicted octanol–water partition coefficient (Wildman–Crippen LogP) is 4.06. The van der Waals surface area contributed by atoms with Crippen molar-refractivity contribution in [3.8, 4) is 0 Å². The van der Waals surface area contributed by atoms with Gasteiger partial charge in [0.25, 0.3) is 0 Å². The minimum atomic E-state index is -3.92. The van der Waals surface area contributed by atoms with Gasteiger partial charge in [-0.3, -0.25) is 0 Å². The normalized spacial score (nSPS) is 11.9. The van der Waals surface area contributed by atoms with E-state index < -0.39 is 15.8 Å². The first-order chi connectivity index (χ1) is 9.82. The van der Waals surface area contributed by atoms with E-state index in [1.54, 1.807) is 24.3 Å². The van der Waals surface area contributed by atoms with Gasteiger partial charge in [-0.2, -0.15) is 4.31 Å². The Morgan fingerprint density at radius 2 is 1.90 bits per heavy atom. The molecule has 0 unspecified atom stereocenters. The van der Waals surface area contributed by atoms with Gasteiger partial charge in [0.1, 0.15) is 10.7 Å². The van der Waals surface area contributed by atoms with Crippen LogP contribution in [-0.2, 0) is 16.6 Å². The summed E-state index contributed by atoms with van der Waals surface area (Å²) in [5, 5.41) is 0.468. The smallest absolute Gasteiger partial charge is 0.207 e. The van der Waals surface area contributed by atoms with Gasteiger partial charge in [0.2, 0.25) is 10.0 Å². The molecule has 0 fully saturated rings. The Kier molecular flexibility index (Phi) is 5.03. The molecule has 21 heavy (non-hydrogen) atoms. The Bertz CT molecular complexity index is 767.